The van der Waals surface area contributed by atoms with Crippen LogP contribution in [0.2, 0.25) is 0 Å². The van der Waals surface area contributed by atoms with E-state index < -0.39 is 6.10 Å². The Morgan fingerprint density at radius 3 is 2.75 bits per heavy atom. The quantitative estimate of drug-likeness (QED) is 0.660. The molecule has 0 fully saturated rings. The van der Waals surface area contributed by atoms with Crippen molar-refractivity contribution in [2.24, 2.45) is 0 Å². The van der Waals surface area contributed by atoms with Crippen LogP contribution in [0.3, 0.4) is 0 Å². The molecule has 1 unspecified atom stereocenters. The smallest absolute Gasteiger partial charge is 0.253 e. The maximum absolute atomic E-state index is 11.7. The highest BCUT2D eigenvalue weighted by molar-refractivity contribution is 5.95. The zero-order valence-electron chi connectivity index (χ0n) is 9.40. The molecule has 1 rings (SSSR count). The molecule has 1 atom stereocenters. The molecular formula is C11H16N2O3. The largest absolute Gasteiger partial charge is 0.394 e. The fourth-order valence-corrected chi connectivity index (χ4v) is 1.30. The summed E-state index contributed by atoms with van der Waals surface area (Å²) in [4.78, 5) is 15.8. The lowest BCUT2D eigenvalue weighted by molar-refractivity contribution is 0.0801. The van der Waals surface area contributed by atoms with Gasteiger partial charge in [-0.15, -0.1) is 0 Å². The highest BCUT2D eigenvalue weighted by atomic mass is 16.3. The van der Waals surface area contributed by atoms with E-state index in [9.17, 15) is 4.79 Å². The first-order chi connectivity index (χ1) is 7.54. The van der Waals surface area contributed by atoms with Crippen molar-refractivity contribution < 1.29 is 15.0 Å². The average Bonchev–Trinajstić information content (AvgIpc) is 2.25. The van der Waals surface area contributed by atoms with Crippen LogP contribution in [0.5, 0.6) is 0 Å². The molecule has 1 aromatic rings. The normalized spacial score (nSPS) is 12.2. The van der Waals surface area contributed by atoms with Gasteiger partial charge in [0.25, 0.3) is 5.91 Å². The van der Waals surface area contributed by atoms with E-state index in [4.69, 9.17) is 10.2 Å². The number of rotatable bonds is 4. The molecule has 0 saturated carbocycles. The first kappa shape index (κ1) is 12.6. The number of nitrogens with zero attached hydrogens (tertiary/aromatic N) is 1. The van der Waals surface area contributed by atoms with Crippen LogP contribution in [0.4, 0.5) is 0 Å². The number of pyridine rings is 1. The molecule has 3 N–H and O–H groups in total. The van der Waals surface area contributed by atoms with Gasteiger partial charge in [-0.05, 0) is 26.0 Å². The lowest BCUT2D eigenvalue weighted by Gasteiger charge is -2.10. The Labute approximate surface area is 94.1 Å². The van der Waals surface area contributed by atoms with Gasteiger partial charge in [-0.3, -0.25) is 9.78 Å². The van der Waals surface area contributed by atoms with Crippen molar-refractivity contribution in [1.82, 2.24) is 10.3 Å². The molecule has 88 valence electrons. The second-order valence-electron chi connectivity index (χ2n) is 3.63. The molecule has 0 aliphatic rings. The van der Waals surface area contributed by atoms with Crippen molar-refractivity contribution in [2.45, 2.75) is 20.0 Å². The number of hydrogen-bond donors (Lipinski definition) is 3. The third-order valence-electron chi connectivity index (χ3n) is 2.18. The molecule has 0 spiro atoms. The predicted molar refractivity (Wildman–Crippen MR) is 59.1 cm³/mol. The topological polar surface area (TPSA) is 82.5 Å². The van der Waals surface area contributed by atoms with Gasteiger partial charge in [0, 0.05) is 12.2 Å². The SMILES string of the molecule is Cc1ccc(C(=O)NCC(O)CO)c(C)n1. The van der Waals surface area contributed by atoms with E-state index >= 15 is 0 Å². The van der Waals surface area contributed by atoms with Gasteiger partial charge in [-0.25, -0.2) is 0 Å². The molecule has 0 radical (unpaired) electrons. The third-order valence-corrected chi connectivity index (χ3v) is 2.18. The summed E-state index contributed by atoms with van der Waals surface area (Å²) in [7, 11) is 0. The molecule has 5 nitrogen and oxygen atoms in total. The summed E-state index contributed by atoms with van der Waals surface area (Å²) < 4.78 is 0. The van der Waals surface area contributed by atoms with E-state index in [0.29, 0.717) is 11.3 Å². The summed E-state index contributed by atoms with van der Waals surface area (Å²) in [5.74, 6) is -0.294. The molecule has 0 saturated heterocycles. The summed E-state index contributed by atoms with van der Waals surface area (Å²) in [6, 6.07) is 3.45. The Balaban J connectivity index is 2.66. The molecule has 0 aromatic carbocycles. The standard InChI is InChI=1S/C11H16N2O3/c1-7-3-4-10(8(2)13-7)11(16)12-5-9(15)6-14/h3-4,9,14-15H,5-6H2,1-2H3,(H,12,16). The summed E-state index contributed by atoms with van der Waals surface area (Å²) in [5, 5.41) is 20.2. The van der Waals surface area contributed by atoms with E-state index in [1.807, 2.05) is 6.92 Å². The Morgan fingerprint density at radius 2 is 2.19 bits per heavy atom. The van der Waals surface area contributed by atoms with Crippen LogP contribution >= 0.6 is 0 Å². The minimum Gasteiger partial charge on any atom is -0.394 e. The summed E-state index contributed by atoms with van der Waals surface area (Å²) >= 11 is 0. The fraction of sp³-hybridized carbons (Fsp3) is 0.455. The van der Waals surface area contributed by atoms with Crippen LogP contribution in [0, 0.1) is 13.8 Å². The first-order valence-corrected chi connectivity index (χ1v) is 5.06. The van der Waals surface area contributed by atoms with E-state index in [0.717, 1.165) is 5.69 Å². The third kappa shape index (κ3) is 3.29. The molecule has 0 bridgehead atoms. The Morgan fingerprint density at radius 1 is 1.50 bits per heavy atom. The number of aliphatic hydroxyl groups excluding tert-OH is 2. The zero-order valence-corrected chi connectivity index (χ0v) is 9.40. The van der Waals surface area contributed by atoms with Crippen molar-refractivity contribution in [3.63, 3.8) is 0 Å². The van der Waals surface area contributed by atoms with E-state index in [1.165, 1.54) is 0 Å². The average molecular weight is 224 g/mol. The maximum atomic E-state index is 11.7. The number of amides is 1. The number of aliphatic hydroxyl groups is 2. The monoisotopic (exact) mass is 224 g/mol. The van der Waals surface area contributed by atoms with Gasteiger partial charge < -0.3 is 15.5 Å². The van der Waals surface area contributed by atoms with Crippen molar-refractivity contribution >= 4 is 5.91 Å². The Kier molecular flexibility index (Phi) is 4.39. The van der Waals surface area contributed by atoms with Crippen molar-refractivity contribution in [3.8, 4) is 0 Å². The van der Waals surface area contributed by atoms with Gasteiger partial charge in [0.15, 0.2) is 0 Å². The Hall–Kier alpha value is -1.46. The van der Waals surface area contributed by atoms with Gasteiger partial charge in [-0.1, -0.05) is 0 Å². The number of carbonyl (C=O) groups excluding carboxylic acids is 1. The molecule has 1 aromatic heterocycles. The lowest BCUT2D eigenvalue weighted by atomic mass is 10.1. The number of hydrogen-bond acceptors (Lipinski definition) is 4. The second-order valence-corrected chi connectivity index (χ2v) is 3.63. The van der Waals surface area contributed by atoms with Gasteiger partial charge in [0.1, 0.15) is 0 Å². The van der Waals surface area contributed by atoms with Crippen LogP contribution in [0.25, 0.3) is 0 Å². The van der Waals surface area contributed by atoms with Gasteiger partial charge in [0.2, 0.25) is 0 Å². The fourth-order valence-electron chi connectivity index (χ4n) is 1.30. The minimum absolute atomic E-state index is 0.0304. The molecule has 0 aliphatic heterocycles. The van der Waals surface area contributed by atoms with Crippen molar-refractivity contribution in [3.05, 3.63) is 29.1 Å². The van der Waals surface area contributed by atoms with E-state index in [1.54, 1.807) is 19.1 Å². The van der Waals surface area contributed by atoms with Crippen molar-refractivity contribution in [2.75, 3.05) is 13.2 Å². The van der Waals surface area contributed by atoms with E-state index in [-0.39, 0.29) is 19.1 Å². The van der Waals surface area contributed by atoms with Gasteiger partial charge in [-0.2, -0.15) is 0 Å². The first-order valence-electron chi connectivity index (χ1n) is 5.06. The highest BCUT2D eigenvalue weighted by Gasteiger charge is 2.11. The predicted octanol–water partition coefficient (Wildman–Crippen LogP) is -0.219. The number of nitrogens with one attached hydrogen (secondary N) is 1. The molecule has 0 aliphatic carbocycles. The summed E-state index contributed by atoms with van der Waals surface area (Å²) in [5.41, 5.74) is 1.98. The van der Waals surface area contributed by atoms with Gasteiger partial charge >= 0.3 is 0 Å². The molecule has 16 heavy (non-hydrogen) atoms. The van der Waals surface area contributed by atoms with E-state index in [2.05, 4.69) is 10.3 Å². The lowest BCUT2D eigenvalue weighted by Crippen LogP contribution is -2.34. The zero-order chi connectivity index (χ0) is 12.1. The van der Waals surface area contributed by atoms with Crippen LogP contribution in [0.1, 0.15) is 21.7 Å². The number of carbonyl (C=O) groups is 1. The highest BCUT2D eigenvalue weighted by Crippen LogP contribution is 2.05. The molecular weight excluding hydrogens is 208 g/mol. The second kappa shape index (κ2) is 5.58. The maximum Gasteiger partial charge on any atom is 0.253 e. The summed E-state index contributed by atoms with van der Waals surface area (Å²) in [6.07, 6.45) is -0.928. The molecule has 5 heteroatoms. The summed E-state index contributed by atoms with van der Waals surface area (Å²) in [6.45, 7) is 3.27. The minimum atomic E-state index is -0.928. The number of aryl methyl sites for hydroxylation is 2. The van der Waals surface area contributed by atoms with Crippen LogP contribution in [0.15, 0.2) is 12.1 Å². The van der Waals surface area contributed by atoms with Crippen LogP contribution in [-0.4, -0.2) is 40.4 Å². The Bertz CT molecular complexity index is 379. The number of aromatic nitrogens is 1. The molecule has 1 amide bonds. The van der Waals surface area contributed by atoms with Crippen molar-refractivity contribution in [1.29, 1.82) is 0 Å². The van der Waals surface area contributed by atoms with Crippen LogP contribution in [-0.2, 0) is 0 Å². The van der Waals surface area contributed by atoms with Crippen LogP contribution < -0.4 is 5.32 Å². The van der Waals surface area contributed by atoms with Gasteiger partial charge in [0.05, 0.1) is 24.0 Å². The molecule has 1 heterocycles.